The highest BCUT2D eigenvalue weighted by molar-refractivity contribution is 5.92. The maximum Gasteiger partial charge on any atom is 0.233 e. The van der Waals surface area contributed by atoms with Crippen LogP contribution >= 0.6 is 0 Å². The summed E-state index contributed by atoms with van der Waals surface area (Å²) < 4.78 is 1.49. The van der Waals surface area contributed by atoms with Crippen molar-refractivity contribution in [2.75, 3.05) is 5.32 Å². The van der Waals surface area contributed by atoms with Crippen LogP contribution in [-0.2, 0) is 6.54 Å². The van der Waals surface area contributed by atoms with Crippen LogP contribution in [0.2, 0.25) is 0 Å². The molecule has 6 heteroatoms. The lowest BCUT2D eigenvalue weighted by molar-refractivity contribution is 0.0906. The molecule has 0 aliphatic rings. The maximum atomic E-state index is 12.1. The lowest BCUT2D eigenvalue weighted by atomic mass is 10.2. The van der Waals surface area contributed by atoms with Crippen LogP contribution in [-0.4, -0.2) is 25.4 Å². The third-order valence-electron chi connectivity index (χ3n) is 3.37. The molecule has 2 heterocycles. The summed E-state index contributed by atoms with van der Waals surface area (Å²) in [6.45, 7) is 2.61. The molecule has 0 radical (unpaired) electrons. The molecule has 0 spiro atoms. The average Bonchev–Trinajstić information content (AvgIpc) is 2.99. The second-order valence-electron chi connectivity index (χ2n) is 4.99. The lowest BCUT2D eigenvalue weighted by Gasteiger charge is -2.06. The summed E-state index contributed by atoms with van der Waals surface area (Å²) in [7, 11) is 0. The summed E-state index contributed by atoms with van der Waals surface area (Å²) in [6.07, 6.45) is 4.24. The van der Waals surface area contributed by atoms with Crippen molar-refractivity contribution in [3.05, 3.63) is 48.5 Å². The van der Waals surface area contributed by atoms with Crippen LogP contribution in [0.15, 0.2) is 43.0 Å². The van der Waals surface area contributed by atoms with E-state index in [2.05, 4.69) is 20.3 Å². The van der Waals surface area contributed by atoms with Gasteiger partial charge in [-0.3, -0.25) is 9.36 Å². The number of benzene rings is 1. The van der Waals surface area contributed by atoms with Crippen LogP contribution in [0.3, 0.4) is 0 Å². The van der Waals surface area contributed by atoms with Crippen molar-refractivity contribution < 1.29 is 4.79 Å². The first kappa shape index (κ1) is 14.2. The molecule has 1 N–H and O–H groups in total. The van der Waals surface area contributed by atoms with E-state index in [1.165, 1.54) is 17.2 Å². The third kappa shape index (κ3) is 2.81. The van der Waals surface area contributed by atoms with Gasteiger partial charge in [-0.05, 0) is 12.0 Å². The fourth-order valence-electron chi connectivity index (χ4n) is 2.26. The van der Waals surface area contributed by atoms with Gasteiger partial charge in [-0.2, -0.15) is 0 Å². The normalized spacial score (nSPS) is 10.8. The maximum absolute atomic E-state index is 12.1. The number of carbonyl (C=O) groups excluding carboxylic acids is 1. The molecule has 0 fully saturated rings. The van der Waals surface area contributed by atoms with E-state index in [1.54, 1.807) is 0 Å². The van der Waals surface area contributed by atoms with E-state index in [1.807, 2.05) is 37.3 Å². The van der Waals surface area contributed by atoms with Crippen LogP contribution in [0.1, 0.15) is 30.1 Å². The quantitative estimate of drug-likeness (QED) is 0.783. The van der Waals surface area contributed by atoms with Gasteiger partial charge in [0.1, 0.15) is 12.7 Å². The van der Waals surface area contributed by atoms with E-state index in [0.29, 0.717) is 29.9 Å². The van der Waals surface area contributed by atoms with Gasteiger partial charge in [0.25, 0.3) is 0 Å². The molecule has 0 atom stereocenters. The molecular formula is C16H17N5O. The third-order valence-corrected chi connectivity index (χ3v) is 3.37. The SMILES string of the molecule is CCCC(=O)n1cnc2c(NCc3ccccc3)ncnc21. The lowest BCUT2D eigenvalue weighted by Crippen LogP contribution is -2.09. The van der Waals surface area contributed by atoms with E-state index >= 15 is 0 Å². The van der Waals surface area contributed by atoms with Gasteiger partial charge in [-0.25, -0.2) is 15.0 Å². The summed E-state index contributed by atoms with van der Waals surface area (Å²) in [4.78, 5) is 24.8. The molecule has 3 rings (SSSR count). The fraction of sp³-hybridized carbons (Fsp3) is 0.250. The van der Waals surface area contributed by atoms with Gasteiger partial charge in [-0.1, -0.05) is 37.3 Å². The molecule has 2 aromatic heterocycles. The minimum Gasteiger partial charge on any atom is -0.364 e. The Morgan fingerprint density at radius 2 is 2.00 bits per heavy atom. The molecule has 0 saturated heterocycles. The first-order chi connectivity index (χ1) is 10.8. The molecule has 0 aliphatic heterocycles. The molecule has 1 aromatic carbocycles. The molecule has 112 valence electrons. The molecule has 0 bridgehead atoms. The monoisotopic (exact) mass is 295 g/mol. The van der Waals surface area contributed by atoms with Crippen molar-refractivity contribution in [3.63, 3.8) is 0 Å². The van der Waals surface area contributed by atoms with Crippen LogP contribution in [0, 0.1) is 0 Å². The van der Waals surface area contributed by atoms with Crippen molar-refractivity contribution >= 4 is 22.9 Å². The van der Waals surface area contributed by atoms with Crippen molar-refractivity contribution in [2.45, 2.75) is 26.3 Å². The van der Waals surface area contributed by atoms with E-state index < -0.39 is 0 Å². The van der Waals surface area contributed by atoms with Gasteiger partial charge in [-0.15, -0.1) is 0 Å². The molecule has 0 amide bonds. The Morgan fingerprint density at radius 1 is 1.18 bits per heavy atom. The van der Waals surface area contributed by atoms with Gasteiger partial charge in [0.2, 0.25) is 5.91 Å². The van der Waals surface area contributed by atoms with Crippen LogP contribution in [0.4, 0.5) is 5.82 Å². The van der Waals surface area contributed by atoms with Crippen molar-refractivity contribution in [2.24, 2.45) is 0 Å². The largest absolute Gasteiger partial charge is 0.364 e. The number of nitrogens with one attached hydrogen (secondary N) is 1. The Kier molecular flexibility index (Phi) is 4.09. The standard InChI is InChI=1S/C16H17N5O/c1-2-6-13(22)21-11-20-14-15(18-10-19-16(14)21)17-9-12-7-4-3-5-8-12/h3-5,7-8,10-11H,2,6,9H2,1H3,(H,17,18,19). The molecule has 3 aromatic rings. The predicted octanol–water partition coefficient (Wildman–Crippen LogP) is 2.88. The highest BCUT2D eigenvalue weighted by Crippen LogP contribution is 2.18. The number of hydrogen-bond donors (Lipinski definition) is 1. The number of hydrogen-bond acceptors (Lipinski definition) is 5. The Hall–Kier alpha value is -2.76. The molecule has 0 aliphatic carbocycles. The van der Waals surface area contributed by atoms with Crippen molar-refractivity contribution in [1.29, 1.82) is 0 Å². The second kappa shape index (κ2) is 6.34. The molecule has 0 saturated carbocycles. The van der Waals surface area contributed by atoms with E-state index in [4.69, 9.17) is 0 Å². The van der Waals surface area contributed by atoms with Crippen LogP contribution in [0.25, 0.3) is 11.2 Å². The minimum absolute atomic E-state index is 0.00212. The zero-order valence-electron chi connectivity index (χ0n) is 12.4. The van der Waals surface area contributed by atoms with E-state index in [0.717, 1.165) is 12.0 Å². The number of rotatable bonds is 5. The second-order valence-corrected chi connectivity index (χ2v) is 4.99. The zero-order chi connectivity index (χ0) is 15.4. The predicted molar refractivity (Wildman–Crippen MR) is 84.6 cm³/mol. The topological polar surface area (TPSA) is 72.7 Å². The number of anilines is 1. The summed E-state index contributed by atoms with van der Waals surface area (Å²) in [5.74, 6) is 0.634. The molecule has 22 heavy (non-hydrogen) atoms. The Balaban J connectivity index is 1.86. The minimum atomic E-state index is -0.00212. The first-order valence-corrected chi connectivity index (χ1v) is 7.28. The van der Waals surface area contributed by atoms with Gasteiger partial charge < -0.3 is 5.32 Å². The molecule has 6 nitrogen and oxygen atoms in total. The smallest absolute Gasteiger partial charge is 0.233 e. The van der Waals surface area contributed by atoms with E-state index in [-0.39, 0.29) is 5.91 Å². The Bertz CT molecular complexity index is 782. The first-order valence-electron chi connectivity index (χ1n) is 7.28. The highest BCUT2D eigenvalue weighted by Gasteiger charge is 2.13. The van der Waals surface area contributed by atoms with E-state index in [9.17, 15) is 4.79 Å². The highest BCUT2D eigenvalue weighted by atomic mass is 16.2. The number of aromatic nitrogens is 4. The van der Waals surface area contributed by atoms with Crippen molar-refractivity contribution in [3.8, 4) is 0 Å². The Labute approximate surface area is 128 Å². The number of nitrogens with zero attached hydrogens (tertiary/aromatic N) is 4. The number of fused-ring (bicyclic) bond motifs is 1. The van der Waals surface area contributed by atoms with Gasteiger partial charge in [0, 0.05) is 13.0 Å². The van der Waals surface area contributed by atoms with Crippen LogP contribution in [0.5, 0.6) is 0 Å². The Morgan fingerprint density at radius 3 is 2.77 bits per heavy atom. The van der Waals surface area contributed by atoms with Crippen LogP contribution < -0.4 is 5.32 Å². The summed E-state index contributed by atoms with van der Waals surface area (Å²) >= 11 is 0. The van der Waals surface area contributed by atoms with Gasteiger partial charge >= 0.3 is 0 Å². The van der Waals surface area contributed by atoms with Gasteiger partial charge in [0.15, 0.2) is 17.0 Å². The number of imidazole rings is 1. The molecule has 0 unspecified atom stereocenters. The number of carbonyl (C=O) groups is 1. The summed E-state index contributed by atoms with van der Waals surface area (Å²) in [5.41, 5.74) is 2.31. The fourth-order valence-corrected chi connectivity index (χ4v) is 2.26. The van der Waals surface area contributed by atoms with Gasteiger partial charge in [0.05, 0.1) is 0 Å². The average molecular weight is 295 g/mol. The van der Waals surface area contributed by atoms with Crippen molar-refractivity contribution in [1.82, 2.24) is 19.5 Å². The summed E-state index contributed by atoms with van der Waals surface area (Å²) in [6, 6.07) is 10.0. The summed E-state index contributed by atoms with van der Waals surface area (Å²) in [5, 5.41) is 3.25. The molecular weight excluding hydrogens is 278 g/mol. The zero-order valence-corrected chi connectivity index (χ0v) is 12.4.